The second kappa shape index (κ2) is 15.8. The van der Waals surface area contributed by atoms with E-state index in [9.17, 15) is 14.4 Å². The number of amides is 1. The molecule has 0 aliphatic heterocycles. The zero-order chi connectivity index (χ0) is 35.9. The second-order valence-corrected chi connectivity index (χ2v) is 12.4. The molecule has 1 heterocycles. The van der Waals surface area contributed by atoms with E-state index in [2.05, 4.69) is 41.8 Å². The molecular weight excluding hydrogens is 644 g/mol. The summed E-state index contributed by atoms with van der Waals surface area (Å²) in [5.41, 5.74) is 11.2. The lowest BCUT2D eigenvalue weighted by atomic mass is 9.83. The van der Waals surface area contributed by atoms with Gasteiger partial charge in [0.1, 0.15) is 11.6 Å². The van der Waals surface area contributed by atoms with Gasteiger partial charge in [0.05, 0.1) is 0 Å². The number of carbonyl (C=O) groups is 3. The van der Waals surface area contributed by atoms with Crippen LogP contribution >= 0.6 is 0 Å². The number of nitrogens with zero attached hydrogens (tertiary/aromatic N) is 5. The van der Waals surface area contributed by atoms with Gasteiger partial charge in [-0.1, -0.05) is 24.3 Å². The quantitative estimate of drug-likeness (QED) is 0.102. The van der Waals surface area contributed by atoms with E-state index < -0.39 is 0 Å². The van der Waals surface area contributed by atoms with Crippen molar-refractivity contribution in [2.45, 2.75) is 12.8 Å². The van der Waals surface area contributed by atoms with Crippen molar-refractivity contribution in [2.24, 2.45) is 0 Å². The van der Waals surface area contributed by atoms with Gasteiger partial charge < -0.3 is 16.0 Å². The highest BCUT2D eigenvalue weighted by molar-refractivity contribution is 6.28. The van der Waals surface area contributed by atoms with Gasteiger partial charge in [0.15, 0.2) is 11.6 Å². The summed E-state index contributed by atoms with van der Waals surface area (Å²) in [7, 11) is 7.78. The predicted octanol–water partition coefficient (Wildman–Crippen LogP) is 4.60. The molecule has 0 unspecified atom stereocenters. The smallest absolute Gasteiger partial charge is 0.255 e. The standard InChI is InChI=1S/C38H40N10O3/c1-47(2)39-21-19-33-44-34(20-22-40-48(3)4)46-38(45-33)43-28-16-12-26(13-17-28)41-25-10-14-27(15-11-25)42-37(51)24-9-18-31-32(23-24)36(50)30-8-6-5-7-29(30)35(31)49/h5-18,23,39-41H,19-22H2,1-4H3,(H,42,51)(H,43,44,45,46). The molecule has 0 fully saturated rings. The molecule has 0 atom stereocenters. The summed E-state index contributed by atoms with van der Waals surface area (Å²) in [6, 6.07) is 26.4. The number of hydrogen-bond acceptors (Lipinski definition) is 12. The van der Waals surface area contributed by atoms with Crippen molar-refractivity contribution >= 4 is 46.2 Å². The number of aromatic nitrogens is 3. The maximum atomic E-state index is 13.1. The number of nitrogens with one attached hydrogen (secondary N) is 5. The Morgan fingerprint density at radius 3 is 1.57 bits per heavy atom. The molecule has 0 spiro atoms. The minimum absolute atomic E-state index is 0.222. The lowest BCUT2D eigenvalue weighted by Crippen LogP contribution is -2.33. The highest BCUT2D eigenvalue weighted by atomic mass is 16.2. The molecule has 1 amide bonds. The summed E-state index contributed by atoms with van der Waals surface area (Å²) in [6.07, 6.45) is 1.31. The van der Waals surface area contributed by atoms with Gasteiger partial charge in [-0.05, 0) is 66.7 Å². The fraction of sp³-hybridized carbons (Fsp3) is 0.211. The van der Waals surface area contributed by atoms with E-state index in [1.807, 2.05) is 74.6 Å². The van der Waals surface area contributed by atoms with E-state index in [-0.39, 0.29) is 28.6 Å². The van der Waals surface area contributed by atoms with Crippen molar-refractivity contribution < 1.29 is 14.4 Å². The van der Waals surface area contributed by atoms with E-state index in [0.717, 1.165) is 17.1 Å². The van der Waals surface area contributed by atoms with Crippen LogP contribution in [0.2, 0.25) is 0 Å². The number of fused-ring (bicyclic) bond motifs is 2. The minimum atomic E-state index is -0.381. The summed E-state index contributed by atoms with van der Waals surface area (Å²) in [5.74, 6) is 1.04. The molecule has 5 aromatic rings. The number of hydrazine groups is 2. The Labute approximate surface area is 296 Å². The Hall–Kier alpha value is -5.86. The van der Waals surface area contributed by atoms with Crippen LogP contribution in [0.25, 0.3) is 0 Å². The third-order valence-corrected chi connectivity index (χ3v) is 8.04. The first kappa shape index (κ1) is 35.0. The molecule has 0 saturated heterocycles. The molecule has 5 N–H and O–H groups in total. The van der Waals surface area contributed by atoms with Gasteiger partial charge >= 0.3 is 0 Å². The summed E-state index contributed by atoms with van der Waals surface area (Å²) in [4.78, 5) is 53.1. The molecule has 1 aromatic heterocycles. The third kappa shape index (κ3) is 8.84. The first-order valence-electron chi connectivity index (χ1n) is 16.6. The fourth-order valence-corrected chi connectivity index (χ4v) is 5.54. The Balaban J connectivity index is 1.06. The maximum Gasteiger partial charge on any atom is 0.255 e. The monoisotopic (exact) mass is 684 g/mol. The summed E-state index contributed by atoms with van der Waals surface area (Å²) in [6.45, 7) is 1.41. The molecule has 13 nitrogen and oxygen atoms in total. The lowest BCUT2D eigenvalue weighted by Gasteiger charge is -2.18. The molecule has 0 saturated carbocycles. The molecule has 0 radical (unpaired) electrons. The number of hydrogen-bond donors (Lipinski definition) is 5. The summed E-state index contributed by atoms with van der Waals surface area (Å²) < 4.78 is 0. The summed E-state index contributed by atoms with van der Waals surface area (Å²) in [5, 5.41) is 13.4. The first-order valence-corrected chi connectivity index (χ1v) is 16.6. The van der Waals surface area contributed by atoms with E-state index in [4.69, 9.17) is 0 Å². The number of benzene rings is 4. The number of rotatable bonds is 14. The van der Waals surface area contributed by atoms with Crippen LogP contribution in [-0.4, -0.2) is 83.7 Å². The maximum absolute atomic E-state index is 13.1. The van der Waals surface area contributed by atoms with Crippen molar-refractivity contribution in [1.29, 1.82) is 0 Å². The Kier molecular flexibility index (Phi) is 10.8. The van der Waals surface area contributed by atoms with E-state index in [0.29, 0.717) is 65.9 Å². The van der Waals surface area contributed by atoms with Crippen LogP contribution in [0.1, 0.15) is 53.8 Å². The summed E-state index contributed by atoms with van der Waals surface area (Å²) >= 11 is 0. The molecule has 4 aromatic carbocycles. The Morgan fingerprint density at radius 1 is 0.569 bits per heavy atom. The second-order valence-electron chi connectivity index (χ2n) is 12.4. The van der Waals surface area contributed by atoms with Crippen LogP contribution in [0.4, 0.5) is 28.7 Å². The Bertz CT molecular complexity index is 2010. The average molecular weight is 685 g/mol. The molecule has 260 valence electrons. The topological polar surface area (TPSA) is 157 Å². The highest BCUT2D eigenvalue weighted by Crippen LogP contribution is 2.28. The Morgan fingerprint density at radius 2 is 1.04 bits per heavy atom. The van der Waals surface area contributed by atoms with Gasteiger partial charge in [-0.2, -0.15) is 9.97 Å². The van der Waals surface area contributed by atoms with Crippen molar-refractivity contribution in [2.75, 3.05) is 57.2 Å². The lowest BCUT2D eigenvalue weighted by molar-refractivity contribution is 0.0978. The predicted molar refractivity (Wildman–Crippen MR) is 198 cm³/mol. The van der Waals surface area contributed by atoms with Gasteiger partial charge in [-0.25, -0.2) is 4.98 Å². The number of carbonyl (C=O) groups excluding carboxylic acids is 3. The van der Waals surface area contributed by atoms with Crippen LogP contribution in [0.5, 0.6) is 0 Å². The fourth-order valence-electron chi connectivity index (χ4n) is 5.54. The van der Waals surface area contributed by atoms with Crippen LogP contribution in [0.3, 0.4) is 0 Å². The number of ketones is 2. The first-order chi connectivity index (χ1) is 24.6. The van der Waals surface area contributed by atoms with Gasteiger partial charge in [-0.3, -0.25) is 35.3 Å². The molecular formula is C38H40N10O3. The van der Waals surface area contributed by atoms with Gasteiger partial charge in [0.25, 0.3) is 5.91 Å². The molecule has 51 heavy (non-hydrogen) atoms. The molecule has 0 bridgehead atoms. The number of anilines is 5. The van der Waals surface area contributed by atoms with Crippen LogP contribution in [0.15, 0.2) is 91.0 Å². The molecule has 1 aliphatic rings. The molecule has 13 heteroatoms. The van der Waals surface area contributed by atoms with Crippen LogP contribution in [0, 0.1) is 0 Å². The zero-order valence-corrected chi connectivity index (χ0v) is 28.9. The van der Waals surface area contributed by atoms with E-state index in [1.165, 1.54) is 6.07 Å². The van der Waals surface area contributed by atoms with Crippen LogP contribution in [-0.2, 0) is 12.8 Å². The van der Waals surface area contributed by atoms with Gasteiger partial charge in [0.2, 0.25) is 5.95 Å². The largest absolute Gasteiger partial charge is 0.356 e. The van der Waals surface area contributed by atoms with Crippen molar-refractivity contribution in [3.05, 3.63) is 130 Å². The molecule has 6 rings (SSSR count). The van der Waals surface area contributed by atoms with Crippen LogP contribution < -0.4 is 26.8 Å². The van der Waals surface area contributed by atoms with Gasteiger partial charge in [-0.15, -0.1) is 0 Å². The van der Waals surface area contributed by atoms with Gasteiger partial charge in [0, 0.05) is 105 Å². The third-order valence-electron chi connectivity index (χ3n) is 8.04. The van der Waals surface area contributed by atoms with Crippen molar-refractivity contribution in [3.63, 3.8) is 0 Å². The zero-order valence-electron chi connectivity index (χ0n) is 28.9. The van der Waals surface area contributed by atoms with E-state index >= 15 is 0 Å². The minimum Gasteiger partial charge on any atom is -0.356 e. The normalized spacial score (nSPS) is 12.1. The highest BCUT2D eigenvalue weighted by Gasteiger charge is 2.30. The van der Waals surface area contributed by atoms with Crippen molar-refractivity contribution in [3.8, 4) is 0 Å². The molecule has 1 aliphatic carbocycles. The van der Waals surface area contributed by atoms with Crippen molar-refractivity contribution in [1.82, 2.24) is 35.8 Å². The van der Waals surface area contributed by atoms with E-state index in [1.54, 1.807) is 48.5 Å². The average Bonchev–Trinajstić information content (AvgIpc) is 3.11. The SMILES string of the molecule is CN(C)NCCc1nc(CCNN(C)C)nc(Nc2ccc(Nc3ccc(NC(=O)c4ccc5c(c4)C(=O)c4ccccc4C5=O)cc3)cc2)n1.